The van der Waals surface area contributed by atoms with Crippen LogP contribution < -0.4 is 5.32 Å². The van der Waals surface area contributed by atoms with Crippen molar-refractivity contribution in [3.63, 3.8) is 0 Å². The number of thiophene rings is 1. The normalized spacial score (nSPS) is 19.6. The summed E-state index contributed by atoms with van der Waals surface area (Å²) >= 11 is 1.52. The number of nitrogens with zero attached hydrogens (tertiary/aromatic N) is 2. The molecular weight excluding hydrogens is 410 g/mol. The van der Waals surface area contributed by atoms with Gasteiger partial charge in [-0.3, -0.25) is 14.4 Å². The van der Waals surface area contributed by atoms with Crippen LogP contribution in [0.15, 0.2) is 24.3 Å². The van der Waals surface area contributed by atoms with E-state index in [1.165, 1.54) is 11.3 Å². The second-order valence-corrected chi connectivity index (χ2v) is 9.62. The highest BCUT2D eigenvalue weighted by atomic mass is 32.1. The van der Waals surface area contributed by atoms with Crippen molar-refractivity contribution in [3.05, 3.63) is 34.7 Å². The van der Waals surface area contributed by atoms with Gasteiger partial charge in [0.25, 0.3) is 5.91 Å². The molecule has 2 saturated heterocycles. The number of fused-ring (bicyclic) bond motifs is 1. The van der Waals surface area contributed by atoms with Gasteiger partial charge in [0.2, 0.25) is 11.8 Å². The van der Waals surface area contributed by atoms with Crippen LogP contribution in [-0.2, 0) is 16.0 Å². The lowest BCUT2D eigenvalue weighted by Crippen LogP contribution is -2.40. The molecule has 1 aromatic carbocycles. The molecule has 2 aliphatic heterocycles. The SMILES string of the molecule is CC(=O)N1CCCCC[C@@H]1Cc1c(C(=O)NCCN2CCCC2=O)sc2ccccc12. The van der Waals surface area contributed by atoms with Crippen molar-refractivity contribution in [2.75, 3.05) is 26.2 Å². The molecule has 4 rings (SSSR count). The number of rotatable bonds is 6. The summed E-state index contributed by atoms with van der Waals surface area (Å²) in [5.74, 6) is 0.216. The fourth-order valence-corrected chi connectivity index (χ4v) is 6.00. The van der Waals surface area contributed by atoms with Crippen LogP contribution in [0.3, 0.4) is 0 Å². The highest BCUT2D eigenvalue weighted by Gasteiger charge is 2.27. The molecule has 2 aromatic rings. The maximum Gasteiger partial charge on any atom is 0.261 e. The number of likely N-dealkylation sites (tertiary alicyclic amines) is 2. The summed E-state index contributed by atoms with van der Waals surface area (Å²) in [5.41, 5.74) is 1.05. The van der Waals surface area contributed by atoms with Crippen LogP contribution in [0.5, 0.6) is 0 Å². The highest BCUT2D eigenvalue weighted by molar-refractivity contribution is 7.21. The minimum atomic E-state index is -0.0779. The van der Waals surface area contributed by atoms with Crippen LogP contribution >= 0.6 is 11.3 Å². The average molecular weight is 442 g/mol. The Morgan fingerprint density at radius 2 is 1.97 bits per heavy atom. The van der Waals surface area contributed by atoms with Gasteiger partial charge in [0, 0.05) is 50.3 Å². The van der Waals surface area contributed by atoms with E-state index in [0.717, 1.165) is 65.7 Å². The summed E-state index contributed by atoms with van der Waals surface area (Å²) in [6, 6.07) is 8.27. The Labute approximate surface area is 187 Å². The lowest BCUT2D eigenvalue weighted by Gasteiger charge is -2.29. The summed E-state index contributed by atoms with van der Waals surface area (Å²) < 4.78 is 1.10. The predicted molar refractivity (Wildman–Crippen MR) is 123 cm³/mol. The van der Waals surface area contributed by atoms with Crippen molar-refractivity contribution in [2.45, 2.75) is 57.9 Å². The van der Waals surface area contributed by atoms with Crippen molar-refractivity contribution >= 4 is 39.1 Å². The Bertz CT molecular complexity index is 970. The molecule has 166 valence electrons. The standard InChI is InChI=1S/C24H31N3O3S/c1-17(28)27-14-6-2-3-8-18(27)16-20-19-9-4-5-10-21(19)31-23(20)24(30)25-12-15-26-13-7-11-22(26)29/h4-5,9-10,18H,2-3,6-8,11-16H2,1H3,(H,25,30)/t18-/m1/s1. The van der Waals surface area contributed by atoms with Gasteiger partial charge in [-0.05, 0) is 42.7 Å². The number of amides is 3. The maximum absolute atomic E-state index is 13.1. The molecule has 0 spiro atoms. The molecule has 0 aliphatic carbocycles. The molecule has 1 aromatic heterocycles. The minimum Gasteiger partial charge on any atom is -0.350 e. The molecule has 2 aliphatic rings. The first-order chi connectivity index (χ1) is 15.0. The molecule has 6 nitrogen and oxygen atoms in total. The van der Waals surface area contributed by atoms with E-state index in [4.69, 9.17) is 0 Å². The van der Waals surface area contributed by atoms with Gasteiger partial charge in [-0.1, -0.05) is 31.0 Å². The molecule has 7 heteroatoms. The van der Waals surface area contributed by atoms with Crippen LogP contribution in [-0.4, -0.2) is 59.7 Å². The van der Waals surface area contributed by atoms with Crippen LogP contribution in [0, 0.1) is 0 Å². The number of hydrogen-bond acceptors (Lipinski definition) is 4. The van der Waals surface area contributed by atoms with Gasteiger partial charge in [0.1, 0.15) is 0 Å². The molecule has 0 radical (unpaired) electrons. The fraction of sp³-hybridized carbons (Fsp3) is 0.542. The molecule has 1 N–H and O–H groups in total. The molecule has 3 amide bonds. The molecule has 2 fully saturated rings. The number of nitrogens with one attached hydrogen (secondary N) is 1. The topological polar surface area (TPSA) is 69.7 Å². The van der Waals surface area contributed by atoms with E-state index in [1.54, 1.807) is 6.92 Å². The van der Waals surface area contributed by atoms with Crippen molar-refractivity contribution in [1.82, 2.24) is 15.1 Å². The zero-order valence-electron chi connectivity index (χ0n) is 18.2. The monoisotopic (exact) mass is 441 g/mol. The number of hydrogen-bond donors (Lipinski definition) is 1. The van der Waals surface area contributed by atoms with E-state index < -0.39 is 0 Å². The second kappa shape index (κ2) is 9.81. The van der Waals surface area contributed by atoms with Crippen LogP contribution in [0.2, 0.25) is 0 Å². The summed E-state index contributed by atoms with van der Waals surface area (Å²) in [7, 11) is 0. The van der Waals surface area contributed by atoms with E-state index in [2.05, 4.69) is 17.4 Å². The summed E-state index contributed by atoms with van der Waals surface area (Å²) in [6.07, 6.45) is 6.50. The highest BCUT2D eigenvalue weighted by Crippen LogP contribution is 2.34. The van der Waals surface area contributed by atoms with Gasteiger partial charge < -0.3 is 15.1 Å². The number of carbonyl (C=O) groups is 3. The van der Waals surface area contributed by atoms with E-state index in [0.29, 0.717) is 25.9 Å². The molecule has 1 atom stereocenters. The molecule has 0 unspecified atom stereocenters. The van der Waals surface area contributed by atoms with E-state index in [1.807, 2.05) is 21.9 Å². The number of benzene rings is 1. The maximum atomic E-state index is 13.1. The molecule has 3 heterocycles. The van der Waals surface area contributed by atoms with Crippen molar-refractivity contribution in [3.8, 4) is 0 Å². The first-order valence-electron chi connectivity index (χ1n) is 11.4. The van der Waals surface area contributed by atoms with Gasteiger partial charge in [-0.2, -0.15) is 0 Å². The smallest absolute Gasteiger partial charge is 0.261 e. The Balaban J connectivity index is 1.54. The largest absolute Gasteiger partial charge is 0.350 e. The van der Waals surface area contributed by atoms with Gasteiger partial charge in [-0.15, -0.1) is 11.3 Å². The van der Waals surface area contributed by atoms with Gasteiger partial charge >= 0.3 is 0 Å². The zero-order valence-corrected chi connectivity index (χ0v) is 19.0. The third-order valence-corrected chi connectivity index (χ3v) is 7.68. The van der Waals surface area contributed by atoms with Crippen LogP contribution in [0.25, 0.3) is 10.1 Å². The third-order valence-electron chi connectivity index (χ3n) is 6.46. The van der Waals surface area contributed by atoms with Crippen molar-refractivity contribution in [1.29, 1.82) is 0 Å². The first-order valence-corrected chi connectivity index (χ1v) is 12.2. The molecule has 31 heavy (non-hydrogen) atoms. The molecule has 0 saturated carbocycles. The van der Waals surface area contributed by atoms with E-state index >= 15 is 0 Å². The Morgan fingerprint density at radius 3 is 2.74 bits per heavy atom. The third kappa shape index (κ3) is 4.92. The summed E-state index contributed by atoms with van der Waals surface area (Å²) in [4.78, 5) is 41.8. The Morgan fingerprint density at radius 1 is 1.13 bits per heavy atom. The summed E-state index contributed by atoms with van der Waals surface area (Å²) in [5, 5.41) is 4.14. The zero-order chi connectivity index (χ0) is 21.8. The molecular formula is C24H31N3O3S. The van der Waals surface area contributed by atoms with Gasteiger partial charge in [0.05, 0.1) is 4.88 Å². The lowest BCUT2D eigenvalue weighted by molar-refractivity contribution is -0.131. The first kappa shape index (κ1) is 21.8. The van der Waals surface area contributed by atoms with Crippen molar-refractivity contribution in [2.24, 2.45) is 0 Å². The second-order valence-electron chi connectivity index (χ2n) is 8.57. The minimum absolute atomic E-state index is 0.0779. The van der Waals surface area contributed by atoms with Crippen LogP contribution in [0.1, 0.15) is 60.7 Å². The Kier molecular flexibility index (Phi) is 6.90. The van der Waals surface area contributed by atoms with Gasteiger partial charge in [0.15, 0.2) is 0 Å². The van der Waals surface area contributed by atoms with E-state index in [-0.39, 0.29) is 23.8 Å². The number of carbonyl (C=O) groups excluding carboxylic acids is 3. The van der Waals surface area contributed by atoms with Gasteiger partial charge in [-0.25, -0.2) is 0 Å². The molecule has 0 bridgehead atoms. The summed E-state index contributed by atoms with van der Waals surface area (Å²) in [6.45, 7) is 4.25. The van der Waals surface area contributed by atoms with E-state index in [9.17, 15) is 14.4 Å². The Hall–Kier alpha value is -2.41. The van der Waals surface area contributed by atoms with Crippen LogP contribution in [0.4, 0.5) is 0 Å². The fourth-order valence-electron chi connectivity index (χ4n) is 4.85. The predicted octanol–water partition coefficient (Wildman–Crippen LogP) is 3.59. The average Bonchev–Trinajstić information content (AvgIpc) is 3.23. The lowest BCUT2D eigenvalue weighted by atomic mass is 9.98. The van der Waals surface area contributed by atoms with Crippen molar-refractivity contribution < 1.29 is 14.4 Å². The quantitative estimate of drug-likeness (QED) is 0.745.